The number of rotatable bonds is 1. The van der Waals surface area contributed by atoms with Crippen LogP contribution in [-0.4, -0.2) is 17.4 Å². The molecule has 1 amide bonds. The summed E-state index contributed by atoms with van der Waals surface area (Å²) < 4.78 is 0. The maximum Gasteiger partial charge on any atom is 0.227 e. The number of aryl methyl sites for hydroxylation is 1. The number of aromatic nitrogens is 1. The van der Waals surface area contributed by atoms with Gasteiger partial charge in [-0.2, -0.15) is 0 Å². The second-order valence-electron chi connectivity index (χ2n) is 3.31. The third-order valence-electron chi connectivity index (χ3n) is 2.38. The SMILES string of the molecule is Cc1ccncc1N1CCCC1=O. The van der Waals surface area contributed by atoms with E-state index < -0.39 is 0 Å². The highest BCUT2D eigenvalue weighted by atomic mass is 16.2. The monoisotopic (exact) mass is 176 g/mol. The Kier molecular flexibility index (Phi) is 2.00. The Morgan fingerprint density at radius 2 is 2.38 bits per heavy atom. The molecule has 0 bridgehead atoms. The molecule has 1 saturated heterocycles. The van der Waals surface area contributed by atoms with Crippen molar-refractivity contribution in [2.24, 2.45) is 0 Å². The van der Waals surface area contributed by atoms with Gasteiger partial charge in [0.2, 0.25) is 5.91 Å². The van der Waals surface area contributed by atoms with Crippen molar-refractivity contribution in [1.82, 2.24) is 4.98 Å². The molecule has 1 fully saturated rings. The van der Waals surface area contributed by atoms with Crippen molar-refractivity contribution in [2.45, 2.75) is 19.8 Å². The molecule has 0 spiro atoms. The van der Waals surface area contributed by atoms with Crippen molar-refractivity contribution in [2.75, 3.05) is 11.4 Å². The molecule has 1 aromatic heterocycles. The van der Waals surface area contributed by atoms with Crippen LogP contribution in [0.1, 0.15) is 18.4 Å². The minimum atomic E-state index is 0.219. The minimum absolute atomic E-state index is 0.219. The zero-order valence-corrected chi connectivity index (χ0v) is 7.66. The van der Waals surface area contributed by atoms with Crippen molar-refractivity contribution in [3.63, 3.8) is 0 Å². The van der Waals surface area contributed by atoms with Gasteiger partial charge in [-0.15, -0.1) is 0 Å². The number of carbonyl (C=O) groups is 1. The number of carbonyl (C=O) groups excluding carboxylic acids is 1. The first-order chi connectivity index (χ1) is 6.29. The van der Waals surface area contributed by atoms with Crippen LogP contribution in [0.3, 0.4) is 0 Å². The maximum atomic E-state index is 11.4. The van der Waals surface area contributed by atoms with Crippen molar-refractivity contribution >= 4 is 11.6 Å². The van der Waals surface area contributed by atoms with Gasteiger partial charge in [-0.1, -0.05) is 0 Å². The summed E-state index contributed by atoms with van der Waals surface area (Å²) in [6, 6.07) is 1.93. The summed E-state index contributed by atoms with van der Waals surface area (Å²) in [4.78, 5) is 17.3. The first-order valence-electron chi connectivity index (χ1n) is 4.50. The highest BCUT2D eigenvalue weighted by Crippen LogP contribution is 2.23. The summed E-state index contributed by atoms with van der Waals surface area (Å²) in [5.74, 6) is 0.219. The van der Waals surface area contributed by atoms with E-state index in [1.54, 1.807) is 12.4 Å². The topological polar surface area (TPSA) is 33.2 Å². The van der Waals surface area contributed by atoms with E-state index in [4.69, 9.17) is 0 Å². The highest BCUT2D eigenvalue weighted by molar-refractivity contribution is 5.95. The molecule has 0 unspecified atom stereocenters. The van der Waals surface area contributed by atoms with Crippen LogP contribution in [0.4, 0.5) is 5.69 Å². The second-order valence-corrected chi connectivity index (χ2v) is 3.31. The van der Waals surface area contributed by atoms with Crippen molar-refractivity contribution < 1.29 is 4.79 Å². The lowest BCUT2D eigenvalue weighted by molar-refractivity contribution is -0.117. The van der Waals surface area contributed by atoms with Crippen LogP contribution in [0.5, 0.6) is 0 Å². The molecule has 2 rings (SSSR count). The number of amides is 1. The van der Waals surface area contributed by atoms with Crippen LogP contribution in [0.2, 0.25) is 0 Å². The van der Waals surface area contributed by atoms with Gasteiger partial charge in [-0.3, -0.25) is 9.78 Å². The maximum absolute atomic E-state index is 11.4. The molecule has 0 aliphatic carbocycles. The number of hydrogen-bond acceptors (Lipinski definition) is 2. The van der Waals surface area contributed by atoms with Gasteiger partial charge in [0.1, 0.15) is 0 Å². The Bertz CT molecular complexity index is 335. The highest BCUT2D eigenvalue weighted by Gasteiger charge is 2.22. The normalized spacial score (nSPS) is 16.7. The molecule has 0 atom stereocenters. The van der Waals surface area contributed by atoms with E-state index in [0.29, 0.717) is 6.42 Å². The molecular formula is C10H12N2O. The second kappa shape index (κ2) is 3.17. The first kappa shape index (κ1) is 8.23. The summed E-state index contributed by atoms with van der Waals surface area (Å²) >= 11 is 0. The molecule has 0 radical (unpaired) electrons. The van der Waals surface area contributed by atoms with Gasteiger partial charge in [0.25, 0.3) is 0 Å². The van der Waals surface area contributed by atoms with Crippen LogP contribution < -0.4 is 4.90 Å². The Hall–Kier alpha value is -1.38. The van der Waals surface area contributed by atoms with E-state index >= 15 is 0 Å². The van der Waals surface area contributed by atoms with Crippen molar-refractivity contribution in [3.8, 4) is 0 Å². The zero-order chi connectivity index (χ0) is 9.26. The summed E-state index contributed by atoms with van der Waals surface area (Å²) in [5.41, 5.74) is 2.08. The molecule has 3 nitrogen and oxygen atoms in total. The predicted octanol–water partition coefficient (Wildman–Crippen LogP) is 1.52. The van der Waals surface area contributed by atoms with Crippen LogP contribution in [0.15, 0.2) is 18.5 Å². The van der Waals surface area contributed by atoms with Crippen LogP contribution in [0.25, 0.3) is 0 Å². The largest absolute Gasteiger partial charge is 0.311 e. The molecule has 3 heteroatoms. The molecule has 1 aromatic rings. The van der Waals surface area contributed by atoms with Gasteiger partial charge in [-0.25, -0.2) is 0 Å². The number of anilines is 1. The van der Waals surface area contributed by atoms with Gasteiger partial charge in [-0.05, 0) is 25.0 Å². The van der Waals surface area contributed by atoms with E-state index in [1.165, 1.54) is 0 Å². The fourth-order valence-electron chi connectivity index (χ4n) is 1.64. The molecule has 0 N–H and O–H groups in total. The average Bonchev–Trinajstić information content (AvgIpc) is 2.52. The number of nitrogens with zero attached hydrogens (tertiary/aromatic N) is 2. The Balaban J connectivity index is 2.34. The third-order valence-corrected chi connectivity index (χ3v) is 2.38. The summed E-state index contributed by atoms with van der Waals surface area (Å²) in [6.07, 6.45) is 5.15. The molecule has 1 aliphatic heterocycles. The van der Waals surface area contributed by atoms with Crippen LogP contribution in [-0.2, 0) is 4.79 Å². The summed E-state index contributed by atoms with van der Waals surface area (Å²) in [5, 5.41) is 0. The van der Waals surface area contributed by atoms with Crippen LogP contribution >= 0.6 is 0 Å². The molecule has 0 saturated carbocycles. The third kappa shape index (κ3) is 1.41. The molecule has 13 heavy (non-hydrogen) atoms. The van der Waals surface area contributed by atoms with Gasteiger partial charge >= 0.3 is 0 Å². The standard InChI is InChI=1S/C10H12N2O/c1-8-4-5-11-7-9(8)12-6-2-3-10(12)13/h4-5,7H,2-3,6H2,1H3. The molecule has 0 aromatic carbocycles. The molecule has 1 aliphatic rings. The predicted molar refractivity (Wildman–Crippen MR) is 50.6 cm³/mol. The van der Waals surface area contributed by atoms with E-state index in [1.807, 2.05) is 17.9 Å². The van der Waals surface area contributed by atoms with E-state index in [9.17, 15) is 4.79 Å². The number of pyridine rings is 1. The quantitative estimate of drug-likeness (QED) is 0.650. The van der Waals surface area contributed by atoms with Gasteiger partial charge in [0.15, 0.2) is 0 Å². The Labute approximate surface area is 77.4 Å². The van der Waals surface area contributed by atoms with Crippen molar-refractivity contribution in [3.05, 3.63) is 24.0 Å². The Morgan fingerprint density at radius 1 is 1.54 bits per heavy atom. The summed E-state index contributed by atoms with van der Waals surface area (Å²) in [7, 11) is 0. The molecular weight excluding hydrogens is 164 g/mol. The van der Waals surface area contributed by atoms with Gasteiger partial charge in [0.05, 0.1) is 11.9 Å². The first-order valence-corrected chi connectivity index (χ1v) is 4.50. The van der Waals surface area contributed by atoms with Crippen LogP contribution in [0, 0.1) is 6.92 Å². The minimum Gasteiger partial charge on any atom is -0.311 e. The fourth-order valence-corrected chi connectivity index (χ4v) is 1.64. The lowest BCUT2D eigenvalue weighted by Crippen LogP contribution is -2.24. The zero-order valence-electron chi connectivity index (χ0n) is 7.66. The fraction of sp³-hybridized carbons (Fsp3) is 0.400. The van der Waals surface area contributed by atoms with E-state index in [-0.39, 0.29) is 5.91 Å². The van der Waals surface area contributed by atoms with E-state index in [0.717, 1.165) is 24.2 Å². The summed E-state index contributed by atoms with van der Waals surface area (Å²) in [6.45, 7) is 2.84. The molecule has 68 valence electrons. The van der Waals surface area contributed by atoms with E-state index in [2.05, 4.69) is 4.98 Å². The molecule has 2 heterocycles. The van der Waals surface area contributed by atoms with Gasteiger partial charge < -0.3 is 4.90 Å². The Morgan fingerprint density at radius 3 is 3.00 bits per heavy atom. The number of hydrogen-bond donors (Lipinski definition) is 0. The van der Waals surface area contributed by atoms with Gasteiger partial charge in [0, 0.05) is 19.2 Å². The lowest BCUT2D eigenvalue weighted by atomic mass is 10.2. The average molecular weight is 176 g/mol. The van der Waals surface area contributed by atoms with Crippen molar-refractivity contribution in [1.29, 1.82) is 0 Å². The lowest BCUT2D eigenvalue weighted by Gasteiger charge is -2.16. The smallest absolute Gasteiger partial charge is 0.227 e.